The van der Waals surface area contributed by atoms with Gasteiger partial charge in [-0.15, -0.1) is 0 Å². The molecule has 0 spiro atoms. The van der Waals surface area contributed by atoms with Crippen LogP contribution in [0.2, 0.25) is 5.02 Å². The summed E-state index contributed by atoms with van der Waals surface area (Å²) in [4.78, 5) is 13.6. The van der Waals surface area contributed by atoms with Crippen LogP contribution in [-0.2, 0) is 9.53 Å². The number of hydrogen-bond acceptors (Lipinski definition) is 3. The standard InChI is InChI=1S/C13H15ClN2O2S/c1-3-16-11(7-12(17)18-2)9-6-8(14)4-5-10(9)15-13(16)19/h4-6,11H,3,7H2,1-2H3,(H,15,19). The van der Waals surface area contributed by atoms with Gasteiger partial charge in [-0.2, -0.15) is 0 Å². The first-order valence-corrected chi connectivity index (χ1v) is 6.79. The molecular formula is C13H15ClN2O2S. The molecule has 0 bridgehead atoms. The fourth-order valence-electron chi connectivity index (χ4n) is 2.24. The molecule has 0 amide bonds. The number of esters is 1. The second-order valence-corrected chi connectivity index (χ2v) is 5.07. The zero-order valence-corrected chi connectivity index (χ0v) is 12.3. The molecule has 1 aliphatic heterocycles. The maximum absolute atomic E-state index is 11.6. The van der Waals surface area contributed by atoms with Crippen LogP contribution >= 0.6 is 23.8 Å². The Morgan fingerprint density at radius 2 is 2.32 bits per heavy atom. The maximum atomic E-state index is 11.6. The number of carbonyl (C=O) groups excluding carboxylic acids is 1. The summed E-state index contributed by atoms with van der Waals surface area (Å²) >= 11 is 11.4. The molecule has 1 aromatic carbocycles. The number of benzene rings is 1. The van der Waals surface area contributed by atoms with E-state index in [1.54, 1.807) is 6.07 Å². The molecule has 0 saturated carbocycles. The van der Waals surface area contributed by atoms with E-state index in [0.717, 1.165) is 11.3 Å². The number of fused-ring (bicyclic) bond motifs is 1. The average Bonchev–Trinajstić information content (AvgIpc) is 2.39. The largest absolute Gasteiger partial charge is 0.469 e. The Morgan fingerprint density at radius 3 is 2.95 bits per heavy atom. The van der Waals surface area contributed by atoms with Gasteiger partial charge < -0.3 is 15.0 Å². The van der Waals surface area contributed by atoms with Gasteiger partial charge >= 0.3 is 5.97 Å². The Balaban J connectivity index is 2.43. The lowest BCUT2D eigenvalue weighted by molar-refractivity contribution is -0.141. The normalized spacial score (nSPS) is 17.7. The van der Waals surface area contributed by atoms with Crippen molar-refractivity contribution < 1.29 is 9.53 Å². The minimum absolute atomic E-state index is 0.139. The van der Waals surface area contributed by atoms with Crippen molar-refractivity contribution in [3.05, 3.63) is 28.8 Å². The summed E-state index contributed by atoms with van der Waals surface area (Å²) < 4.78 is 4.76. The number of nitrogens with one attached hydrogen (secondary N) is 1. The van der Waals surface area contributed by atoms with Gasteiger partial charge in [0.25, 0.3) is 0 Å². The zero-order valence-electron chi connectivity index (χ0n) is 10.8. The Morgan fingerprint density at radius 1 is 1.58 bits per heavy atom. The van der Waals surface area contributed by atoms with E-state index in [-0.39, 0.29) is 18.4 Å². The molecule has 1 heterocycles. The summed E-state index contributed by atoms with van der Waals surface area (Å²) in [6, 6.07) is 5.40. The van der Waals surface area contributed by atoms with E-state index < -0.39 is 0 Å². The van der Waals surface area contributed by atoms with Gasteiger partial charge in [-0.05, 0) is 37.3 Å². The van der Waals surface area contributed by atoms with Crippen molar-refractivity contribution in [2.45, 2.75) is 19.4 Å². The highest BCUT2D eigenvalue weighted by atomic mass is 35.5. The molecule has 0 radical (unpaired) electrons. The molecule has 0 aromatic heterocycles. The molecule has 0 fully saturated rings. The van der Waals surface area contributed by atoms with E-state index in [4.69, 9.17) is 28.6 Å². The summed E-state index contributed by atoms with van der Waals surface area (Å²) in [5.41, 5.74) is 1.86. The molecule has 1 aliphatic rings. The van der Waals surface area contributed by atoms with E-state index in [2.05, 4.69) is 5.32 Å². The lowest BCUT2D eigenvalue weighted by atomic mass is 9.98. The molecule has 4 nitrogen and oxygen atoms in total. The molecule has 0 saturated heterocycles. The van der Waals surface area contributed by atoms with Crippen molar-refractivity contribution in [3.8, 4) is 0 Å². The molecule has 1 atom stereocenters. The summed E-state index contributed by atoms with van der Waals surface area (Å²) in [7, 11) is 1.39. The van der Waals surface area contributed by atoms with Crippen LogP contribution in [0.15, 0.2) is 18.2 Å². The Bertz CT molecular complexity index is 521. The SMILES string of the molecule is CCN1C(=S)Nc2ccc(Cl)cc2C1CC(=O)OC. The van der Waals surface area contributed by atoms with Crippen LogP contribution in [0.25, 0.3) is 0 Å². The van der Waals surface area contributed by atoms with Crippen LogP contribution < -0.4 is 5.32 Å². The van der Waals surface area contributed by atoms with Crippen LogP contribution in [-0.4, -0.2) is 29.6 Å². The molecule has 19 heavy (non-hydrogen) atoms. The lowest BCUT2D eigenvalue weighted by Gasteiger charge is -2.38. The van der Waals surface area contributed by atoms with Gasteiger partial charge in [0.05, 0.1) is 19.6 Å². The number of carbonyl (C=O) groups is 1. The van der Waals surface area contributed by atoms with Crippen LogP contribution in [0.5, 0.6) is 0 Å². The summed E-state index contributed by atoms with van der Waals surface area (Å²) in [5, 5.41) is 4.41. The number of ether oxygens (including phenoxy) is 1. The van der Waals surface area contributed by atoms with Crippen LogP contribution in [0.1, 0.15) is 24.9 Å². The van der Waals surface area contributed by atoms with Crippen molar-refractivity contribution in [1.29, 1.82) is 0 Å². The molecule has 6 heteroatoms. The first-order chi connectivity index (χ1) is 9.06. The molecule has 102 valence electrons. The molecule has 1 unspecified atom stereocenters. The first kappa shape index (κ1) is 14.1. The monoisotopic (exact) mass is 298 g/mol. The number of hydrogen-bond donors (Lipinski definition) is 1. The molecule has 0 aliphatic carbocycles. The highest BCUT2D eigenvalue weighted by molar-refractivity contribution is 7.80. The third kappa shape index (κ3) is 2.82. The number of halogens is 1. The fourth-order valence-corrected chi connectivity index (χ4v) is 2.79. The first-order valence-electron chi connectivity index (χ1n) is 6.00. The minimum Gasteiger partial charge on any atom is -0.469 e. The number of rotatable bonds is 3. The van der Waals surface area contributed by atoms with Gasteiger partial charge in [-0.1, -0.05) is 11.6 Å². The van der Waals surface area contributed by atoms with Crippen molar-refractivity contribution in [2.75, 3.05) is 19.0 Å². The smallest absolute Gasteiger partial charge is 0.307 e. The number of thiocarbonyl (C=S) groups is 1. The predicted octanol–water partition coefficient (Wildman–Crippen LogP) is 2.98. The molecule has 2 rings (SSSR count). The number of anilines is 1. The lowest BCUT2D eigenvalue weighted by Crippen LogP contribution is -2.42. The van der Waals surface area contributed by atoms with E-state index in [1.165, 1.54) is 7.11 Å². The maximum Gasteiger partial charge on any atom is 0.307 e. The predicted molar refractivity (Wildman–Crippen MR) is 79.4 cm³/mol. The van der Waals surface area contributed by atoms with Gasteiger partial charge in [-0.3, -0.25) is 4.79 Å². The summed E-state index contributed by atoms with van der Waals surface area (Å²) in [6.07, 6.45) is 0.250. The molecular weight excluding hydrogens is 284 g/mol. The fraction of sp³-hybridized carbons (Fsp3) is 0.385. The van der Waals surface area contributed by atoms with E-state index in [0.29, 0.717) is 16.7 Å². The van der Waals surface area contributed by atoms with Crippen LogP contribution in [0, 0.1) is 0 Å². The van der Waals surface area contributed by atoms with Crippen molar-refractivity contribution in [1.82, 2.24) is 4.90 Å². The number of methoxy groups -OCH3 is 1. The van der Waals surface area contributed by atoms with Gasteiger partial charge in [0.2, 0.25) is 0 Å². The Hall–Kier alpha value is -1.33. The summed E-state index contributed by atoms with van der Waals surface area (Å²) in [5.74, 6) is -0.265. The molecule has 1 N–H and O–H groups in total. The highest BCUT2D eigenvalue weighted by Gasteiger charge is 2.31. The van der Waals surface area contributed by atoms with Gasteiger partial charge in [-0.25, -0.2) is 0 Å². The van der Waals surface area contributed by atoms with Crippen molar-refractivity contribution in [3.63, 3.8) is 0 Å². The quantitative estimate of drug-likeness (QED) is 0.686. The van der Waals surface area contributed by atoms with Crippen LogP contribution in [0.4, 0.5) is 5.69 Å². The van der Waals surface area contributed by atoms with Gasteiger partial charge in [0, 0.05) is 22.8 Å². The zero-order chi connectivity index (χ0) is 14.0. The second kappa shape index (κ2) is 5.75. The average molecular weight is 299 g/mol. The second-order valence-electron chi connectivity index (χ2n) is 4.24. The number of nitrogens with zero attached hydrogens (tertiary/aromatic N) is 1. The van der Waals surface area contributed by atoms with Gasteiger partial charge in [0.1, 0.15) is 0 Å². The minimum atomic E-state index is -0.265. The van der Waals surface area contributed by atoms with Crippen molar-refractivity contribution >= 4 is 40.6 Å². The third-order valence-corrected chi connectivity index (χ3v) is 3.75. The molecule has 1 aromatic rings. The van der Waals surface area contributed by atoms with Crippen LogP contribution in [0.3, 0.4) is 0 Å². The Kier molecular flexibility index (Phi) is 4.27. The van der Waals surface area contributed by atoms with E-state index in [1.807, 2.05) is 24.0 Å². The van der Waals surface area contributed by atoms with E-state index >= 15 is 0 Å². The van der Waals surface area contributed by atoms with Gasteiger partial charge in [0.15, 0.2) is 5.11 Å². The topological polar surface area (TPSA) is 41.6 Å². The third-order valence-electron chi connectivity index (χ3n) is 3.18. The highest BCUT2D eigenvalue weighted by Crippen LogP contribution is 2.36. The van der Waals surface area contributed by atoms with Crippen molar-refractivity contribution in [2.24, 2.45) is 0 Å². The van der Waals surface area contributed by atoms with E-state index in [9.17, 15) is 4.79 Å². The summed E-state index contributed by atoms with van der Waals surface area (Å²) in [6.45, 7) is 2.70. The Labute approximate surface area is 122 Å².